The zero-order valence-electron chi connectivity index (χ0n) is 13.6. The topological polar surface area (TPSA) is 77.3 Å². The van der Waals surface area contributed by atoms with E-state index in [2.05, 4.69) is 10.1 Å². The molecule has 0 radical (unpaired) electrons. The van der Waals surface area contributed by atoms with Crippen molar-refractivity contribution in [2.24, 2.45) is 0 Å². The SMILES string of the molecule is COCCn1nc(C(=O)N2CCC[C@H]2c2ccncc2)ccc1=O. The number of hydrogen-bond acceptors (Lipinski definition) is 5. The maximum Gasteiger partial charge on any atom is 0.274 e. The molecule has 2 aromatic heterocycles. The van der Waals surface area contributed by atoms with Gasteiger partial charge in [0.25, 0.3) is 11.5 Å². The summed E-state index contributed by atoms with van der Waals surface area (Å²) in [5.74, 6) is -0.152. The Kier molecular flexibility index (Phi) is 5.00. The van der Waals surface area contributed by atoms with Crippen molar-refractivity contribution in [2.45, 2.75) is 25.4 Å². The van der Waals surface area contributed by atoms with Crippen molar-refractivity contribution < 1.29 is 9.53 Å². The second kappa shape index (κ2) is 7.35. The average Bonchev–Trinajstić information content (AvgIpc) is 3.11. The Balaban J connectivity index is 1.84. The highest BCUT2D eigenvalue weighted by atomic mass is 16.5. The lowest BCUT2D eigenvalue weighted by molar-refractivity contribution is 0.0725. The number of hydrogen-bond donors (Lipinski definition) is 0. The molecular weight excluding hydrogens is 308 g/mol. The van der Waals surface area contributed by atoms with Crippen molar-refractivity contribution in [2.75, 3.05) is 20.3 Å². The van der Waals surface area contributed by atoms with Gasteiger partial charge in [0.05, 0.1) is 19.2 Å². The van der Waals surface area contributed by atoms with Crippen LogP contribution >= 0.6 is 0 Å². The molecule has 1 fully saturated rings. The number of aromatic nitrogens is 3. The second-order valence-electron chi connectivity index (χ2n) is 5.71. The van der Waals surface area contributed by atoms with Crippen molar-refractivity contribution in [3.8, 4) is 0 Å². The van der Waals surface area contributed by atoms with Crippen molar-refractivity contribution in [3.05, 3.63) is 58.3 Å². The molecule has 1 aliphatic rings. The van der Waals surface area contributed by atoms with E-state index in [-0.39, 0.29) is 23.2 Å². The van der Waals surface area contributed by atoms with Gasteiger partial charge in [-0.15, -0.1) is 0 Å². The molecule has 1 amide bonds. The van der Waals surface area contributed by atoms with Gasteiger partial charge in [-0.05, 0) is 36.6 Å². The van der Waals surface area contributed by atoms with Crippen LogP contribution in [0.4, 0.5) is 0 Å². The Labute approximate surface area is 139 Å². The van der Waals surface area contributed by atoms with Crippen LogP contribution < -0.4 is 5.56 Å². The Morgan fingerprint density at radius 2 is 2.08 bits per heavy atom. The van der Waals surface area contributed by atoms with Gasteiger partial charge in [0.15, 0.2) is 0 Å². The van der Waals surface area contributed by atoms with Crippen molar-refractivity contribution in [1.82, 2.24) is 19.7 Å². The molecule has 0 unspecified atom stereocenters. The van der Waals surface area contributed by atoms with E-state index in [1.807, 2.05) is 17.0 Å². The van der Waals surface area contributed by atoms with Gasteiger partial charge < -0.3 is 9.64 Å². The predicted octanol–water partition coefficient (Wildman–Crippen LogP) is 1.26. The van der Waals surface area contributed by atoms with Gasteiger partial charge in [-0.25, -0.2) is 4.68 Å². The fourth-order valence-corrected chi connectivity index (χ4v) is 2.99. The standard InChI is InChI=1S/C17H20N4O3/c1-24-12-11-21-16(22)5-4-14(19-21)17(23)20-10-2-3-15(20)13-6-8-18-9-7-13/h4-9,15H,2-3,10-12H2,1H3/t15-/m0/s1. The first-order chi connectivity index (χ1) is 11.7. The summed E-state index contributed by atoms with van der Waals surface area (Å²) >= 11 is 0. The number of carbonyl (C=O) groups is 1. The van der Waals surface area contributed by atoms with Crippen LogP contribution in [0.1, 0.15) is 34.9 Å². The van der Waals surface area contributed by atoms with Gasteiger partial charge in [-0.1, -0.05) is 0 Å². The summed E-state index contributed by atoms with van der Waals surface area (Å²) in [6.45, 7) is 1.38. The fourth-order valence-electron chi connectivity index (χ4n) is 2.99. The summed E-state index contributed by atoms with van der Waals surface area (Å²) in [5.41, 5.74) is 1.12. The van der Waals surface area contributed by atoms with E-state index >= 15 is 0 Å². The average molecular weight is 328 g/mol. The van der Waals surface area contributed by atoms with Crippen LogP contribution in [0.3, 0.4) is 0 Å². The highest BCUT2D eigenvalue weighted by molar-refractivity contribution is 5.92. The van der Waals surface area contributed by atoms with Crippen molar-refractivity contribution in [1.29, 1.82) is 0 Å². The molecule has 0 bridgehead atoms. The molecule has 24 heavy (non-hydrogen) atoms. The number of likely N-dealkylation sites (tertiary alicyclic amines) is 1. The Bertz CT molecular complexity index is 760. The molecule has 126 valence electrons. The summed E-state index contributed by atoms with van der Waals surface area (Å²) in [7, 11) is 1.56. The van der Waals surface area contributed by atoms with E-state index in [1.54, 1.807) is 19.5 Å². The number of methoxy groups -OCH3 is 1. The molecule has 7 nitrogen and oxygen atoms in total. The molecular formula is C17H20N4O3. The molecule has 2 aromatic rings. The van der Waals surface area contributed by atoms with E-state index in [9.17, 15) is 9.59 Å². The van der Waals surface area contributed by atoms with E-state index in [1.165, 1.54) is 16.8 Å². The number of ether oxygens (including phenoxy) is 1. The molecule has 3 rings (SSSR count). The number of pyridine rings is 1. The van der Waals surface area contributed by atoms with Crippen molar-refractivity contribution >= 4 is 5.91 Å². The summed E-state index contributed by atoms with van der Waals surface area (Å²) in [4.78, 5) is 30.5. The maximum atomic E-state index is 12.9. The van der Waals surface area contributed by atoms with E-state index in [0.29, 0.717) is 19.7 Å². The molecule has 0 aliphatic carbocycles. The third-order valence-electron chi connectivity index (χ3n) is 4.20. The maximum absolute atomic E-state index is 12.9. The number of amides is 1. The van der Waals surface area contributed by atoms with Crippen LogP contribution in [0.25, 0.3) is 0 Å². The Morgan fingerprint density at radius 1 is 1.29 bits per heavy atom. The molecule has 0 aromatic carbocycles. The normalized spacial score (nSPS) is 17.2. The van der Waals surface area contributed by atoms with Crippen LogP contribution in [0.2, 0.25) is 0 Å². The van der Waals surface area contributed by atoms with Crippen molar-refractivity contribution in [3.63, 3.8) is 0 Å². The molecule has 0 spiro atoms. The minimum atomic E-state index is -0.240. The molecule has 3 heterocycles. The monoisotopic (exact) mass is 328 g/mol. The Hall–Kier alpha value is -2.54. The first-order valence-corrected chi connectivity index (χ1v) is 7.98. The van der Waals surface area contributed by atoms with E-state index in [4.69, 9.17) is 4.74 Å². The quantitative estimate of drug-likeness (QED) is 0.826. The molecule has 0 N–H and O–H groups in total. The summed E-state index contributed by atoms with van der Waals surface area (Å²) in [5, 5.41) is 4.20. The molecule has 0 saturated carbocycles. The van der Waals surface area contributed by atoms with E-state index in [0.717, 1.165) is 18.4 Å². The van der Waals surface area contributed by atoms with Gasteiger partial charge in [0.1, 0.15) is 5.69 Å². The van der Waals surface area contributed by atoms with E-state index < -0.39 is 0 Å². The van der Waals surface area contributed by atoms with Gasteiger partial charge in [-0.2, -0.15) is 5.10 Å². The smallest absolute Gasteiger partial charge is 0.274 e. The minimum absolute atomic E-state index is 0.0293. The van der Waals surface area contributed by atoms with Crippen LogP contribution in [0, 0.1) is 0 Å². The van der Waals surface area contributed by atoms with Gasteiger partial charge in [0, 0.05) is 32.1 Å². The molecule has 7 heteroatoms. The zero-order valence-corrected chi connectivity index (χ0v) is 13.6. The molecule has 1 saturated heterocycles. The van der Waals surface area contributed by atoms with Crippen LogP contribution in [-0.2, 0) is 11.3 Å². The lowest BCUT2D eigenvalue weighted by Crippen LogP contribution is -2.34. The highest BCUT2D eigenvalue weighted by Gasteiger charge is 2.31. The minimum Gasteiger partial charge on any atom is -0.383 e. The lowest BCUT2D eigenvalue weighted by Gasteiger charge is -2.24. The molecule has 1 aliphatic heterocycles. The first-order valence-electron chi connectivity index (χ1n) is 7.98. The summed E-state index contributed by atoms with van der Waals surface area (Å²) < 4.78 is 6.25. The zero-order chi connectivity index (χ0) is 16.9. The number of nitrogens with zero attached hydrogens (tertiary/aromatic N) is 4. The summed E-state index contributed by atoms with van der Waals surface area (Å²) in [6.07, 6.45) is 5.33. The van der Waals surface area contributed by atoms with Gasteiger partial charge in [0.2, 0.25) is 0 Å². The number of carbonyl (C=O) groups excluding carboxylic acids is 1. The largest absolute Gasteiger partial charge is 0.383 e. The fraction of sp³-hybridized carbons (Fsp3) is 0.412. The number of rotatable bonds is 5. The third-order valence-corrected chi connectivity index (χ3v) is 4.20. The Morgan fingerprint density at radius 3 is 2.83 bits per heavy atom. The van der Waals surface area contributed by atoms with Gasteiger partial charge in [-0.3, -0.25) is 14.6 Å². The summed E-state index contributed by atoms with van der Waals surface area (Å²) in [6, 6.07) is 6.78. The highest BCUT2D eigenvalue weighted by Crippen LogP contribution is 2.32. The van der Waals surface area contributed by atoms with Gasteiger partial charge >= 0.3 is 0 Å². The second-order valence-corrected chi connectivity index (χ2v) is 5.71. The lowest BCUT2D eigenvalue weighted by atomic mass is 10.1. The third kappa shape index (κ3) is 3.35. The van der Waals surface area contributed by atoms with Crippen LogP contribution in [0.5, 0.6) is 0 Å². The first kappa shape index (κ1) is 16.3. The van der Waals surface area contributed by atoms with Crippen LogP contribution in [-0.4, -0.2) is 45.8 Å². The van der Waals surface area contributed by atoms with Crippen LogP contribution in [0.15, 0.2) is 41.5 Å². The predicted molar refractivity (Wildman–Crippen MR) is 87.6 cm³/mol. The molecule has 1 atom stereocenters.